The Morgan fingerprint density at radius 3 is 2.36 bits per heavy atom. The van der Waals surface area contributed by atoms with Gasteiger partial charge in [-0.3, -0.25) is 19.2 Å². The summed E-state index contributed by atoms with van der Waals surface area (Å²) < 4.78 is 0. The lowest BCUT2D eigenvalue weighted by Gasteiger charge is -2.32. The Morgan fingerprint density at radius 2 is 1.75 bits per heavy atom. The van der Waals surface area contributed by atoms with Crippen LogP contribution in [-0.2, 0) is 9.59 Å². The number of likely N-dealkylation sites (N-methyl/N-ethyl adjacent to an activating group) is 1. The third kappa shape index (κ3) is 4.88. The van der Waals surface area contributed by atoms with Crippen LogP contribution in [0.25, 0.3) is 0 Å². The molecule has 2 aliphatic rings. The molecule has 0 radical (unpaired) electrons. The molecule has 8 nitrogen and oxygen atoms in total. The first-order chi connectivity index (χ1) is 13.3. The second kappa shape index (κ2) is 8.41. The van der Waals surface area contributed by atoms with Crippen molar-refractivity contribution in [2.75, 3.05) is 26.7 Å². The van der Waals surface area contributed by atoms with Crippen molar-refractivity contribution in [2.24, 2.45) is 5.92 Å². The molecule has 1 aromatic rings. The highest BCUT2D eigenvalue weighted by molar-refractivity contribution is 5.99. The van der Waals surface area contributed by atoms with Crippen LogP contribution < -0.4 is 5.32 Å². The Hall–Kier alpha value is -2.90. The molecule has 1 unspecified atom stereocenters. The van der Waals surface area contributed by atoms with E-state index in [-0.39, 0.29) is 36.9 Å². The van der Waals surface area contributed by atoms with Crippen LogP contribution in [0.4, 0.5) is 0 Å². The van der Waals surface area contributed by atoms with Gasteiger partial charge in [0.05, 0.1) is 12.5 Å². The highest BCUT2D eigenvalue weighted by Gasteiger charge is 2.29. The molecule has 1 aliphatic heterocycles. The van der Waals surface area contributed by atoms with Crippen LogP contribution in [0.15, 0.2) is 24.3 Å². The van der Waals surface area contributed by atoms with Gasteiger partial charge in [-0.25, -0.2) is 0 Å². The number of amides is 3. The summed E-state index contributed by atoms with van der Waals surface area (Å²) in [4.78, 5) is 51.0. The van der Waals surface area contributed by atoms with Crippen LogP contribution in [0.1, 0.15) is 46.4 Å². The van der Waals surface area contributed by atoms with Crippen molar-refractivity contribution in [1.82, 2.24) is 15.1 Å². The van der Waals surface area contributed by atoms with Gasteiger partial charge in [-0.1, -0.05) is 0 Å². The van der Waals surface area contributed by atoms with E-state index < -0.39 is 11.9 Å². The quantitative estimate of drug-likeness (QED) is 0.757. The Labute approximate surface area is 163 Å². The third-order valence-corrected chi connectivity index (χ3v) is 5.15. The molecular formula is C20H25N3O5. The molecule has 3 rings (SSSR count). The topological polar surface area (TPSA) is 107 Å². The van der Waals surface area contributed by atoms with E-state index in [1.54, 1.807) is 24.3 Å². The third-order valence-electron chi connectivity index (χ3n) is 5.15. The molecule has 2 fully saturated rings. The molecule has 1 aromatic carbocycles. The van der Waals surface area contributed by atoms with Crippen molar-refractivity contribution in [3.63, 3.8) is 0 Å². The van der Waals surface area contributed by atoms with Gasteiger partial charge in [0.1, 0.15) is 0 Å². The van der Waals surface area contributed by atoms with Crippen LogP contribution in [0.3, 0.4) is 0 Å². The summed E-state index contributed by atoms with van der Waals surface area (Å²) in [5.41, 5.74) is 0.885. The van der Waals surface area contributed by atoms with Crippen LogP contribution in [-0.4, -0.2) is 71.3 Å². The molecular weight excluding hydrogens is 362 g/mol. The number of carboxylic acids is 1. The second-order valence-corrected chi connectivity index (χ2v) is 7.50. The molecule has 8 heteroatoms. The standard InChI is InChI=1S/C20H25N3O5/c1-22(12-17(24)23-10-2-3-15(11-23)20(27)28)19(26)14-6-4-13(5-7-14)18(25)21-16-8-9-16/h4-7,15-16H,2-3,8-12H2,1H3,(H,21,25)(H,27,28). The van der Waals surface area contributed by atoms with Crippen LogP contribution in [0.2, 0.25) is 0 Å². The zero-order valence-corrected chi connectivity index (χ0v) is 15.9. The van der Waals surface area contributed by atoms with Gasteiger partial charge in [-0.05, 0) is 49.9 Å². The summed E-state index contributed by atoms with van der Waals surface area (Å²) >= 11 is 0. The fourth-order valence-electron chi connectivity index (χ4n) is 3.26. The Morgan fingerprint density at radius 1 is 1.11 bits per heavy atom. The lowest BCUT2D eigenvalue weighted by atomic mass is 9.98. The first kappa shape index (κ1) is 19.9. The van der Waals surface area contributed by atoms with Crippen molar-refractivity contribution in [3.8, 4) is 0 Å². The fraction of sp³-hybridized carbons (Fsp3) is 0.500. The maximum atomic E-state index is 12.6. The number of carbonyl (C=O) groups is 4. The number of piperidine rings is 1. The smallest absolute Gasteiger partial charge is 0.308 e. The average Bonchev–Trinajstić information content (AvgIpc) is 3.51. The van der Waals surface area contributed by atoms with E-state index >= 15 is 0 Å². The van der Waals surface area contributed by atoms with E-state index in [4.69, 9.17) is 5.11 Å². The molecule has 0 spiro atoms. The van der Waals surface area contributed by atoms with Crippen molar-refractivity contribution >= 4 is 23.7 Å². The number of carbonyl (C=O) groups excluding carboxylic acids is 3. The SMILES string of the molecule is CN(CC(=O)N1CCCC(C(=O)O)C1)C(=O)c1ccc(C(=O)NC2CC2)cc1. The van der Waals surface area contributed by atoms with E-state index in [0.717, 1.165) is 12.8 Å². The minimum absolute atomic E-state index is 0.116. The highest BCUT2D eigenvalue weighted by atomic mass is 16.4. The van der Waals surface area contributed by atoms with Crippen LogP contribution in [0, 0.1) is 5.92 Å². The van der Waals surface area contributed by atoms with Gasteiger partial charge in [-0.2, -0.15) is 0 Å². The second-order valence-electron chi connectivity index (χ2n) is 7.50. The maximum Gasteiger partial charge on any atom is 0.308 e. The Kier molecular flexibility index (Phi) is 5.96. The van der Waals surface area contributed by atoms with E-state index in [2.05, 4.69) is 5.32 Å². The van der Waals surface area contributed by atoms with Gasteiger partial charge in [-0.15, -0.1) is 0 Å². The van der Waals surface area contributed by atoms with E-state index in [0.29, 0.717) is 30.5 Å². The minimum Gasteiger partial charge on any atom is -0.481 e. The number of aliphatic carboxylic acids is 1. The van der Waals surface area contributed by atoms with Crippen molar-refractivity contribution in [3.05, 3.63) is 35.4 Å². The molecule has 0 aromatic heterocycles. The number of likely N-dealkylation sites (tertiary alicyclic amines) is 1. The fourth-order valence-corrected chi connectivity index (χ4v) is 3.26. The van der Waals surface area contributed by atoms with Gasteiger partial charge in [0.25, 0.3) is 11.8 Å². The van der Waals surface area contributed by atoms with Gasteiger partial charge in [0, 0.05) is 37.3 Å². The number of benzene rings is 1. The number of hydrogen-bond donors (Lipinski definition) is 2. The molecule has 2 N–H and O–H groups in total. The minimum atomic E-state index is -0.896. The molecule has 28 heavy (non-hydrogen) atoms. The molecule has 3 amide bonds. The number of nitrogens with zero attached hydrogens (tertiary/aromatic N) is 2. The molecule has 150 valence electrons. The Balaban J connectivity index is 1.55. The highest BCUT2D eigenvalue weighted by Crippen LogP contribution is 2.20. The summed E-state index contributed by atoms with van der Waals surface area (Å²) in [6.45, 7) is 0.575. The summed E-state index contributed by atoms with van der Waals surface area (Å²) in [5.74, 6) is -2.18. The van der Waals surface area contributed by atoms with E-state index in [1.165, 1.54) is 16.8 Å². The van der Waals surface area contributed by atoms with Crippen LogP contribution >= 0.6 is 0 Å². The average molecular weight is 387 g/mol. The maximum absolute atomic E-state index is 12.6. The molecule has 0 bridgehead atoms. The largest absolute Gasteiger partial charge is 0.481 e. The molecule has 1 heterocycles. The molecule has 1 saturated carbocycles. The van der Waals surface area contributed by atoms with E-state index in [9.17, 15) is 19.2 Å². The van der Waals surface area contributed by atoms with Crippen molar-refractivity contribution < 1.29 is 24.3 Å². The van der Waals surface area contributed by atoms with E-state index in [1.807, 2.05) is 0 Å². The normalized spacial score (nSPS) is 19.0. The van der Waals surface area contributed by atoms with Crippen molar-refractivity contribution in [1.29, 1.82) is 0 Å². The first-order valence-electron chi connectivity index (χ1n) is 9.52. The lowest BCUT2D eigenvalue weighted by molar-refractivity contribution is -0.145. The zero-order chi connectivity index (χ0) is 20.3. The van der Waals surface area contributed by atoms with Gasteiger partial charge >= 0.3 is 5.97 Å². The first-order valence-corrected chi connectivity index (χ1v) is 9.52. The summed E-state index contributed by atoms with van der Waals surface area (Å²) in [6, 6.07) is 6.62. The monoisotopic (exact) mass is 387 g/mol. The van der Waals surface area contributed by atoms with Gasteiger partial charge in [0.15, 0.2) is 0 Å². The summed E-state index contributed by atoms with van der Waals surface area (Å²) in [5, 5.41) is 12.0. The zero-order valence-electron chi connectivity index (χ0n) is 15.9. The predicted molar refractivity (Wildman–Crippen MR) is 101 cm³/mol. The summed E-state index contributed by atoms with van der Waals surface area (Å²) in [6.07, 6.45) is 3.22. The van der Waals surface area contributed by atoms with Gasteiger partial charge in [0.2, 0.25) is 5.91 Å². The molecule has 1 aliphatic carbocycles. The predicted octanol–water partition coefficient (Wildman–Crippen LogP) is 0.974. The number of nitrogens with one attached hydrogen (secondary N) is 1. The summed E-state index contributed by atoms with van der Waals surface area (Å²) in [7, 11) is 1.53. The lowest BCUT2D eigenvalue weighted by Crippen LogP contribution is -2.46. The van der Waals surface area contributed by atoms with Crippen LogP contribution in [0.5, 0.6) is 0 Å². The Bertz CT molecular complexity index is 773. The molecule has 1 atom stereocenters. The number of carboxylic acid groups (broad SMARTS) is 1. The van der Waals surface area contributed by atoms with Gasteiger partial charge < -0.3 is 20.2 Å². The molecule has 1 saturated heterocycles. The number of rotatable bonds is 6. The van der Waals surface area contributed by atoms with Crippen molar-refractivity contribution in [2.45, 2.75) is 31.7 Å². The number of hydrogen-bond acceptors (Lipinski definition) is 4.